The van der Waals surface area contributed by atoms with Gasteiger partial charge in [0.05, 0.1) is 0 Å². The van der Waals surface area contributed by atoms with E-state index in [2.05, 4.69) is 36.6 Å². The van der Waals surface area contributed by atoms with Gasteiger partial charge in [0.25, 0.3) is 0 Å². The van der Waals surface area contributed by atoms with Crippen LogP contribution in [0.1, 0.15) is 37.3 Å². The Labute approximate surface area is 133 Å². The van der Waals surface area contributed by atoms with E-state index in [0.29, 0.717) is 5.41 Å². The van der Waals surface area contributed by atoms with E-state index in [-0.39, 0.29) is 24.2 Å². The fraction of sp³-hybridized carbons (Fsp3) is 0.588. The summed E-state index contributed by atoms with van der Waals surface area (Å²) in [6.45, 7) is 6.40. The van der Waals surface area contributed by atoms with Gasteiger partial charge >= 0.3 is 0 Å². The standard InChI is InChI=1S/C17H24N2O.ClH/c1-3-13-10-14(5-4-12(13)2)19-16(20)15-11-17(15)6-8-18-9-7-17;/h4-5,10,15,18H,3,6-9,11H2,1-2H3,(H,19,20);1H. The number of hydrogen-bond donors (Lipinski definition) is 2. The molecule has 0 bridgehead atoms. The van der Waals surface area contributed by atoms with E-state index < -0.39 is 0 Å². The Bertz CT molecular complexity index is 524. The highest BCUT2D eigenvalue weighted by molar-refractivity contribution is 5.95. The number of aryl methyl sites for hydroxylation is 2. The summed E-state index contributed by atoms with van der Waals surface area (Å²) >= 11 is 0. The summed E-state index contributed by atoms with van der Waals surface area (Å²) in [5.41, 5.74) is 3.88. The molecular formula is C17H25ClN2O. The third-order valence-electron chi connectivity index (χ3n) is 5.10. The molecule has 2 fully saturated rings. The van der Waals surface area contributed by atoms with Crippen LogP contribution in [-0.4, -0.2) is 19.0 Å². The molecule has 116 valence electrons. The molecule has 2 aliphatic rings. The number of amides is 1. The smallest absolute Gasteiger partial charge is 0.228 e. The molecular weight excluding hydrogens is 284 g/mol. The van der Waals surface area contributed by atoms with E-state index in [1.165, 1.54) is 11.1 Å². The number of benzene rings is 1. The van der Waals surface area contributed by atoms with Gasteiger partial charge in [0.2, 0.25) is 5.91 Å². The molecule has 1 saturated heterocycles. The van der Waals surface area contributed by atoms with Gasteiger partial charge in [-0.2, -0.15) is 0 Å². The maximum Gasteiger partial charge on any atom is 0.228 e. The second-order valence-corrected chi connectivity index (χ2v) is 6.35. The van der Waals surface area contributed by atoms with Gasteiger partial charge in [0, 0.05) is 11.6 Å². The normalized spacial score (nSPS) is 22.5. The van der Waals surface area contributed by atoms with E-state index in [1.807, 2.05) is 6.07 Å². The van der Waals surface area contributed by atoms with Gasteiger partial charge in [0.1, 0.15) is 0 Å². The quantitative estimate of drug-likeness (QED) is 0.899. The van der Waals surface area contributed by atoms with Crippen molar-refractivity contribution in [2.75, 3.05) is 18.4 Å². The molecule has 1 atom stereocenters. The Morgan fingerprint density at radius 2 is 2.10 bits per heavy atom. The minimum Gasteiger partial charge on any atom is -0.326 e. The molecule has 21 heavy (non-hydrogen) atoms. The number of carbonyl (C=O) groups excluding carboxylic acids is 1. The van der Waals surface area contributed by atoms with Crippen LogP contribution in [0.15, 0.2) is 18.2 Å². The Hall–Kier alpha value is -1.06. The van der Waals surface area contributed by atoms with Crippen molar-refractivity contribution in [3.05, 3.63) is 29.3 Å². The lowest BCUT2D eigenvalue weighted by molar-refractivity contribution is -0.118. The van der Waals surface area contributed by atoms with E-state index in [1.54, 1.807) is 0 Å². The average Bonchev–Trinajstić information content (AvgIpc) is 3.15. The maximum atomic E-state index is 12.4. The fourth-order valence-corrected chi connectivity index (χ4v) is 3.56. The number of halogens is 1. The lowest BCUT2D eigenvalue weighted by Crippen LogP contribution is -2.31. The van der Waals surface area contributed by atoms with Crippen molar-refractivity contribution in [3.63, 3.8) is 0 Å². The summed E-state index contributed by atoms with van der Waals surface area (Å²) in [4.78, 5) is 12.4. The van der Waals surface area contributed by atoms with Gasteiger partial charge in [-0.15, -0.1) is 12.4 Å². The molecule has 3 nitrogen and oxygen atoms in total. The molecule has 1 aromatic carbocycles. The van der Waals surface area contributed by atoms with E-state index in [9.17, 15) is 4.79 Å². The summed E-state index contributed by atoms with van der Waals surface area (Å²) < 4.78 is 0. The first-order valence-electron chi connectivity index (χ1n) is 7.76. The summed E-state index contributed by atoms with van der Waals surface area (Å²) in [6, 6.07) is 6.23. The Balaban J connectivity index is 0.00000161. The Morgan fingerprint density at radius 1 is 1.38 bits per heavy atom. The van der Waals surface area contributed by atoms with Crippen molar-refractivity contribution >= 4 is 24.0 Å². The zero-order valence-electron chi connectivity index (χ0n) is 12.9. The Morgan fingerprint density at radius 3 is 2.76 bits per heavy atom. The molecule has 1 aromatic rings. The van der Waals surface area contributed by atoms with Gasteiger partial charge in [0.15, 0.2) is 0 Å². The van der Waals surface area contributed by atoms with Crippen LogP contribution < -0.4 is 10.6 Å². The average molecular weight is 309 g/mol. The number of anilines is 1. The number of piperidine rings is 1. The summed E-state index contributed by atoms with van der Waals surface area (Å²) in [5, 5.41) is 6.50. The van der Waals surface area contributed by atoms with Gasteiger partial charge in [-0.25, -0.2) is 0 Å². The van der Waals surface area contributed by atoms with Crippen molar-refractivity contribution in [3.8, 4) is 0 Å². The van der Waals surface area contributed by atoms with Crippen LogP contribution in [0.25, 0.3) is 0 Å². The van der Waals surface area contributed by atoms with Crippen LogP contribution >= 0.6 is 12.4 Å². The van der Waals surface area contributed by atoms with E-state index in [0.717, 1.165) is 44.5 Å². The van der Waals surface area contributed by atoms with Crippen LogP contribution in [-0.2, 0) is 11.2 Å². The minimum atomic E-state index is 0. The fourth-order valence-electron chi connectivity index (χ4n) is 3.56. The van der Waals surface area contributed by atoms with Crippen LogP contribution in [0.5, 0.6) is 0 Å². The maximum absolute atomic E-state index is 12.4. The van der Waals surface area contributed by atoms with Crippen molar-refractivity contribution in [1.29, 1.82) is 0 Å². The third-order valence-corrected chi connectivity index (χ3v) is 5.10. The predicted molar refractivity (Wildman–Crippen MR) is 89.1 cm³/mol. The highest BCUT2D eigenvalue weighted by atomic mass is 35.5. The third kappa shape index (κ3) is 3.24. The van der Waals surface area contributed by atoms with Crippen molar-refractivity contribution in [1.82, 2.24) is 5.32 Å². The zero-order chi connectivity index (χ0) is 14.2. The summed E-state index contributed by atoms with van der Waals surface area (Å²) in [7, 11) is 0. The molecule has 1 amide bonds. The number of nitrogens with one attached hydrogen (secondary N) is 2. The number of hydrogen-bond acceptors (Lipinski definition) is 2. The number of carbonyl (C=O) groups is 1. The summed E-state index contributed by atoms with van der Waals surface area (Å²) in [5.74, 6) is 0.453. The summed E-state index contributed by atoms with van der Waals surface area (Å²) in [6.07, 6.45) is 4.39. The van der Waals surface area contributed by atoms with Crippen LogP contribution in [0.2, 0.25) is 0 Å². The molecule has 1 spiro atoms. The van der Waals surface area contributed by atoms with Crippen molar-refractivity contribution in [2.45, 2.75) is 39.5 Å². The van der Waals surface area contributed by atoms with Crippen LogP contribution in [0.3, 0.4) is 0 Å². The van der Waals surface area contributed by atoms with Crippen molar-refractivity contribution in [2.24, 2.45) is 11.3 Å². The van der Waals surface area contributed by atoms with Gasteiger partial charge < -0.3 is 10.6 Å². The molecule has 0 aromatic heterocycles. The van der Waals surface area contributed by atoms with Gasteiger partial charge in [-0.3, -0.25) is 4.79 Å². The molecule has 0 radical (unpaired) electrons. The van der Waals surface area contributed by atoms with E-state index >= 15 is 0 Å². The highest BCUT2D eigenvalue weighted by Crippen LogP contribution is 2.58. The molecule has 3 rings (SSSR count). The Kier molecular flexibility index (Phi) is 4.95. The first-order valence-corrected chi connectivity index (χ1v) is 7.76. The largest absolute Gasteiger partial charge is 0.326 e. The lowest BCUT2D eigenvalue weighted by Gasteiger charge is -2.23. The SMILES string of the molecule is CCc1cc(NC(=O)C2CC23CCNCC3)ccc1C.Cl. The monoisotopic (exact) mass is 308 g/mol. The number of rotatable bonds is 3. The molecule has 1 saturated carbocycles. The topological polar surface area (TPSA) is 41.1 Å². The van der Waals surface area contributed by atoms with Crippen molar-refractivity contribution < 1.29 is 4.79 Å². The molecule has 1 aliphatic carbocycles. The first-order chi connectivity index (χ1) is 9.64. The lowest BCUT2D eigenvalue weighted by atomic mass is 9.91. The molecule has 1 heterocycles. The van der Waals surface area contributed by atoms with Crippen LogP contribution in [0, 0.1) is 18.3 Å². The first kappa shape index (κ1) is 16.3. The van der Waals surface area contributed by atoms with Gasteiger partial charge in [-0.05, 0) is 74.4 Å². The van der Waals surface area contributed by atoms with E-state index in [4.69, 9.17) is 0 Å². The molecule has 1 unspecified atom stereocenters. The molecule has 1 aliphatic heterocycles. The van der Waals surface area contributed by atoms with Crippen LogP contribution in [0.4, 0.5) is 5.69 Å². The molecule has 2 N–H and O–H groups in total. The molecule has 4 heteroatoms. The minimum absolute atomic E-state index is 0. The second-order valence-electron chi connectivity index (χ2n) is 6.35. The highest BCUT2D eigenvalue weighted by Gasteiger charge is 2.57. The predicted octanol–water partition coefficient (Wildman–Crippen LogP) is 3.31. The zero-order valence-corrected chi connectivity index (χ0v) is 13.7. The van der Waals surface area contributed by atoms with Gasteiger partial charge in [-0.1, -0.05) is 13.0 Å². The second kappa shape index (κ2) is 6.37.